The lowest BCUT2D eigenvalue weighted by atomic mass is 10.9. The highest BCUT2D eigenvalue weighted by Gasteiger charge is 1.70. The molecule has 0 saturated carbocycles. The SMILES string of the molecule is CCO/C=C\SCC. The Labute approximate surface area is 55.1 Å². The third-order valence-corrected chi connectivity index (χ3v) is 1.22. The highest BCUT2D eigenvalue weighted by molar-refractivity contribution is 8.02. The Bertz CT molecular complexity index is 53.5. The van der Waals surface area contributed by atoms with Gasteiger partial charge < -0.3 is 4.74 Å². The van der Waals surface area contributed by atoms with E-state index in [1.807, 2.05) is 12.3 Å². The van der Waals surface area contributed by atoms with E-state index in [2.05, 4.69) is 6.92 Å². The molecule has 0 spiro atoms. The predicted molar refractivity (Wildman–Crippen MR) is 38.9 cm³/mol. The van der Waals surface area contributed by atoms with Crippen LogP contribution in [0.4, 0.5) is 0 Å². The first-order valence-corrected chi connectivity index (χ1v) is 3.85. The lowest BCUT2D eigenvalue weighted by molar-refractivity contribution is 0.270. The van der Waals surface area contributed by atoms with Gasteiger partial charge in [0, 0.05) is 5.41 Å². The summed E-state index contributed by atoms with van der Waals surface area (Å²) in [6, 6.07) is 0. The molecule has 1 nitrogen and oxygen atoms in total. The van der Waals surface area contributed by atoms with Crippen LogP contribution in [0.25, 0.3) is 0 Å². The molecule has 0 atom stereocenters. The van der Waals surface area contributed by atoms with Gasteiger partial charge in [0.05, 0.1) is 12.9 Å². The average Bonchev–Trinajstić information content (AvgIpc) is 1.81. The molecule has 0 rings (SSSR count). The summed E-state index contributed by atoms with van der Waals surface area (Å²) in [5.74, 6) is 1.11. The highest BCUT2D eigenvalue weighted by atomic mass is 32.2. The van der Waals surface area contributed by atoms with Crippen LogP contribution in [0.2, 0.25) is 0 Å². The lowest BCUT2D eigenvalue weighted by Gasteiger charge is -1.89. The van der Waals surface area contributed by atoms with E-state index in [-0.39, 0.29) is 0 Å². The molecule has 0 bridgehead atoms. The van der Waals surface area contributed by atoms with E-state index < -0.39 is 0 Å². The second kappa shape index (κ2) is 6.89. The first-order valence-electron chi connectivity index (χ1n) is 2.80. The highest BCUT2D eigenvalue weighted by Crippen LogP contribution is 1.98. The minimum absolute atomic E-state index is 0.765. The fourth-order valence-electron chi connectivity index (χ4n) is 0.271. The van der Waals surface area contributed by atoms with Crippen LogP contribution in [0.3, 0.4) is 0 Å². The van der Waals surface area contributed by atoms with Crippen molar-refractivity contribution in [2.24, 2.45) is 0 Å². The molecule has 0 aromatic heterocycles. The zero-order chi connectivity index (χ0) is 6.24. The van der Waals surface area contributed by atoms with Gasteiger partial charge in [-0.25, -0.2) is 0 Å². The van der Waals surface area contributed by atoms with Gasteiger partial charge in [-0.05, 0) is 12.7 Å². The van der Waals surface area contributed by atoms with Crippen LogP contribution in [-0.2, 0) is 4.74 Å². The minimum atomic E-state index is 0.765. The Kier molecular flexibility index (Phi) is 6.80. The van der Waals surface area contributed by atoms with Crippen molar-refractivity contribution >= 4 is 11.8 Å². The Balaban J connectivity index is 2.83. The van der Waals surface area contributed by atoms with Crippen molar-refractivity contribution in [2.75, 3.05) is 12.4 Å². The van der Waals surface area contributed by atoms with Crippen LogP contribution < -0.4 is 0 Å². The van der Waals surface area contributed by atoms with E-state index in [1.54, 1.807) is 18.0 Å². The molecule has 0 unspecified atom stereocenters. The molecule has 2 heteroatoms. The molecule has 0 aliphatic carbocycles. The second-order valence-corrected chi connectivity index (χ2v) is 2.37. The molecule has 0 heterocycles. The van der Waals surface area contributed by atoms with Crippen molar-refractivity contribution in [1.29, 1.82) is 0 Å². The molecule has 0 saturated heterocycles. The summed E-state index contributed by atoms with van der Waals surface area (Å²) in [5.41, 5.74) is 0. The van der Waals surface area contributed by atoms with Crippen molar-refractivity contribution in [3.63, 3.8) is 0 Å². The van der Waals surface area contributed by atoms with Gasteiger partial charge in [-0.2, -0.15) is 0 Å². The van der Waals surface area contributed by atoms with E-state index in [9.17, 15) is 0 Å². The summed E-state index contributed by atoms with van der Waals surface area (Å²) in [5, 5.41) is 1.96. The van der Waals surface area contributed by atoms with Gasteiger partial charge in [-0.3, -0.25) is 0 Å². The lowest BCUT2D eigenvalue weighted by Crippen LogP contribution is -1.74. The molecule has 0 N–H and O–H groups in total. The molecular weight excluding hydrogens is 120 g/mol. The van der Waals surface area contributed by atoms with Crippen LogP contribution in [0, 0.1) is 0 Å². The first kappa shape index (κ1) is 7.89. The fraction of sp³-hybridized carbons (Fsp3) is 0.667. The number of hydrogen-bond acceptors (Lipinski definition) is 2. The van der Waals surface area contributed by atoms with Crippen LogP contribution in [-0.4, -0.2) is 12.4 Å². The van der Waals surface area contributed by atoms with Crippen molar-refractivity contribution in [1.82, 2.24) is 0 Å². The summed E-state index contributed by atoms with van der Waals surface area (Å²) < 4.78 is 4.93. The van der Waals surface area contributed by atoms with Crippen molar-refractivity contribution in [3.05, 3.63) is 11.7 Å². The molecule has 48 valence electrons. The zero-order valence-corrected chi connectivity index (χ0v) is 6.20. The molecule has 0 aromatic rings. The van der Waals surface area contributed by atoms with Crippen LogP contribution in [0.15, 0.2) is 11.7 Å². The molecule has 8 heavy (non-hydrogen) atoms. The van der Waals surface area contributed by atoms with Crippen LogP contribution in [0.5, 0.6) is 0 Å². The van der Waals surface area contributed by atoms with E-state index in [1.165, 1.54) is 0 Å². The van der Waals surface area contributed by atoms with Gasteiger partial charge in [-0.15, -0.1) is 11.8 Å². The standard InChI is InChI=1S/C6H12OS/c1-3-7-5-6-8-4-2/h5-6H,3-4H2,1-2H3/b6-5-. The maximum Gasteiger partial charge on any atom is 0.0891 e. The van der Waals surface area contributed by atoms with E-state index in [4.69, 9.17) is 4.74 Å². The Hall–Kier alpha value is -0.110. The van der Waals surface area contributed by atoms with Gasteiger partial charge in [-0.1, -0.05) is 6.92 Å². The van der Waals surface area contributed by atoms with Crippen molar-refractivity contribution < 1.29 is 4.74 Å². The quantitative estimate of drug-likeness (QED) is 0.542. The molecule has 0 radical (unpaired) electrons. The molecule has 0 amide bonds. The molecule has 0 aliphatic heterocycles. The van der Waals surface area contributed by atoms with Gasteiger partial charge in [0.25, 0.3) is 0 Å². The maximum atomic E-state index is 4.93. The smallest absolute Gasteiger partial charge is 0.0891 e. The topological polar surface area (TPSA) is 9.23 Å². The molecule has 0 aromatic carbocycles. The molecule has 0 fully saturated rings. The van der Waals surface area contributed by atoms with Crippen molar-refractivity contribution in [2.45, 2.75) is 13.8 Å². The third-order valence-electron chi connectivity index (χ3n) is 0.581. The second-order valence-electron chi connectivity index (χ2n) is 1.18. The third kappa shape index (κ3) is 5.89. The summed E-state index contributed by atoms with van der Waals surface area (Å²) in [4.78, 5) is 0. The number of thioether (sulfide) groups is 1. The van der Waals surface area contributed by atoms with Crippen LogP contribution in [0.1, 0.15) is 13.8 Å². The Morgan fingerprint density at radius 3 is 2.75 bits per heavy atom. The fourth-order valence-corrected chi connectivity index (χ4v) is 0.621. The number of hydrogen-bond donors (Lipinski definition) is 0. The minimum Gasteiger partial charge on any atom is -0.501 e. The average molecular weight is 132 g/mol. The molecular formula is C6H12OS. The monoisotopic (exact) mass is 132 g/mol. The first-order chi connectivity index (χ1) is 3.91. The Morgan fingerprint density at radius 1 is 1.50 bits per heavy atom. The summed E-state index contributed by atoms with van der Waals surface area (Å²) in [7, 11) is 0. The normalized spacial score (nSPS) is 10.2. The van der Waals surface area contributed by atoms with E-state index in [0.717, 1.165) is 12.4 Å². The van der Waals surface area contributed by atoms with Gasteiger partial charge in [0.15, 0.2) is 0 Å². The van der Waals surface area contributed by atoms with Crippen LogP contribution >= 0.6 is 11.8 Å². The zero-order valence-electron chi connectivity index (χ0n) is 5.39. The predicted octanol–water partition coefficient (Wildman–Crippen LogP) is 2.25. The maximum absolute atomic E-state index is 4.93. The largest absolute Gasteiger partial charge is 0.501 e. The summed E-state index contributed by atoms with van der Waals surface area (Å²) in [6.45, 7) is 4.85. The summed E-state index contributed by atoms with van der Waals surface area (Å²) in [6.07, 6.45) is 1.73. The van der Waals surface area contributed by atoms with Gasteiger partial charge in [0.2, 0.25) is 0 Å². The summed E-state index contributed by atoms with van der Waals surface area (Å²) >= 11 is 1.74. The number of rotatable bonds is 4. The van der Waals surface area contributed by atoms with Crippen molar-refractivity contribution in [3.8, 4) is 0 Å². The number of ether oxygens (including phenoxy) is 1. The van der Waals surface area contributed by atoms with Gasteiger partial charge in [0.1, 0.15) is 0 Å². The van der Waals surface area contributed by atoms with E-state index >= 15 is 0 Å². The Morgan fingerprint density at radius 2 is 2.25 bits per heavy atom. The molecule has 0 aliphatic rings. The van der Waals surface area contributed by atoms with Gasteiger partial charge >= 0.3 is 0 Å². The van der Waals surface area contributed by atoms with E-state index in [0.29, 0.717) is 0 Å².